The van der Waals surface area contributed by atoms with Crippen LogP contribution in [0.15, 0.2) is 255 Å². The predicted octanol–water partition coefficient (Wildman–Crippen LogP) is 21.2. The molecule has 14 aromatic rings. The standard InChI is InChI=1S/C83H58N2/c1-81(2)69-23-11-5-17-57(69)61-41-37-55(49-73(61)81)84-77-27-15-9-21-65(77)67-45-51(35-43-79(67)84)29-31-53-33-39-63-64-40-34-54(48-76(64)83(75(63)47-53)71-25-13-7-19-59(71)60-20-8-14-26-72(60)83)32-30-52-36-44-80-68(46-52)66-22-10-16-28-78(66)85(80)56-38-42-62-58-18-6-12-24-70(58)82(3,4)74(62)50-56/h5-50H,1-4H3/b31-29+,32-30+. The lowest BCUT2D eigenvalue weighted by molar-refractivity contribution is 0.660. The summed E-state index contributed by atoms with van der Waals surface area (Å²) in [5, 5.41) is 5.02. The molecule has 0 aliphatic heterocycles. The van der Waals surface area contributed by atoms with Crippen LogP contribution in [0.25, 0.3) is 124 Å². The van der Waals surface area contributed by atoms with Crippen LogP contribution in [-0.2, 0) is 16.2 Å². The van der Waals surface area contributed by atoms with Crippen LogP contribution in [0.2, 0.25) is 0 Å². The minimum absolute atomic E-state index is 0.0796. The molecule has 0 saturated carbocycles. The van der Waals surface area contributed by atoms with Gasteiger partial charge in [0.1, 0.15) is 0 Å². The summed E-state index contributed by atoms with van der Waals surface area (Å²) in [4.78, 5) is 0. The van der Waals surface area contributed by atoms with Crippen molar-refractivity contribution < 1.29 is 0 Å². The fraction of sp³-hybridized carbons (Fsp3) is 0.0843. The van der Waals surface area contributed by atoms with Gasteiger partial charge in [-0.25, -0.2) is 0 Å². The van der Waals surface area contributed by atoms with Crippen LogP contribution in [0.4, 0.5) is 0 Å². The maximum Gasteiger partial charge on any atom is 0.0725 e. The molecule has 0 N–H and O–H groups in total. The highest BCUT2D eigenvalue weighted by atomic mass is 15.0. The highest BCUT2D eigenvalue weighted by Gasteiger charge is 2.51. The summed E-state index contributed by atoms with van der Waals surface area (Å²) < 4.78 is 4.92. The van der Waals surface area contributed by atoms with Crippen molar-refractivity contribution in [2.45, 2.75) is 43.9 Å². The topological polar surface area (TPSA) is 9.86 Å². The van der Waals surface area contributed by atoms with Crippen molar-refractivity contribution in [1.29, 1.82) is 0 Å². The first-order valence-corrected chi connectivity index (χ1v) is 30.1. The van der Waals surface area contributed by atoms with Gasteiger partial charge < -0.3 is 9.13 Å². The number of hydrogen-bond acceptors (Lipinski definition) is 0. The molecular weight excluding hydrogens is 1020 g/mol. The number of para-hydroxylation sites is 2. The third-order valence-corrected chi connectivity index (χ3v) is 20.1. The van der Waals surface area contributed by atoms with Crippen molar-refractivity contribution in [3.05, 3.63) is 322 Å². The number of aromatic nitrogens is 2. The number of fused-ring (bicyclic) bond motifs is 22. The van der Waals surface area contributed by atoms with Crippen molar-refractivity contribution in [3.63, 3.8) is 0 Å². The van der Waals surface area contributed by atoms with Crippen molar-refractivity contribution in [3.8, 4) is 55.9 Å². The summed E-state index contributed by atoms with van der Waals surface area (Å²) >= 11 is 0. The molecule has 0 amide bonds. The molecule has 2 heteroatoms. The van der Waals surface area contributed by atoms with Crippen LogP contribution in [0.3, 0.4) is 0 Å². The molecule has 4 aliphatic rings. The summed E-state index contributed by atoms with van der Waals surface area (Å²) in [5.41, 5.74) is 32.8. The van der Waals surface area contributed by atoms with E-state index < -0.39 is 5.41 Å². The van der Waals surface area contributed by atoms with Gasteiger partial charge in [-0.1, -0.05) is 234 Å². The van der Waals surface area contributed by atoms with Gasteiger partial charge in [-0.15, -0.1) is 0 Å². The van der Waals surface area contributed by atoms with Gasteiger partial charge in [-0.2, -0.15) is 0 Å². The maximum atomic E-state index is 2.48. The lowest BCUT2D eigenvalue weighted by Gasteiger charge is -2.30. The molecule has 2 heterocycles. The zero-order valence-electron chi connectivity index (χ0n) is 48.0. The van der Waals surface area contributed by atoms with E-state index in [4.69, 9.17) is 0 Å². The van der Waals surface area contributed by atoms with Gasteiger partial charge >= 0.3 is 0 Å². The van der Waals surface area contributed by atoms with Crippen molar-refractivity contribution >= 4 is 67.9 Å². The molecular formula is C83H58N2. The summed E-state index contributed by atoms with van der Waals surface area (Å²) in [6.45, 7) is 9.46. The third-order valence-electron chi connectivity index (χ3n) is 20.1. The van der Waals surface area contributed by atoms with Crippen molar-refractivity contribution in [2.75, 3.05) is 0 Å². The molecule has 0 bridgehead atoms. The summed E-state index contributed by atoms with van der Waals surface area (Å²) in [6.07, 6.45) is 9.24. The Kier molecular flexibility index (Phi) is 9.88. The first-order valence-electron chi connectivity index (χ1n) is 30.1. The smallest absolute Gasteiger partial charge is 0.0725 e. The molecule has 0 unspecified atom stereocenters. The number of nitrogens with zero attached hydrogens (tertiary/aromatic N) is 2. The quantitative estimate of drug-likeness (QED) is 0.147. The SMILES string of the molecule is CC1(C)c2ccccc2-c2ccc(-n3c4ccccc4c4cc(/C=C/c5ccc6c(c5)C5(c7ccccc7-c7ccccc75)c5cc(/C=C/c7ccc8c(c7)c7ccccc7n8-c7ccc8c(c7)C(C)(C)c7ccccc7-8)ccc5-6)ccc43)cc21. The Balaban J connectivity index is 0.709. The van der Waals surface area contributed by atoms with E-state index in [2.05, 4.69) is 316 Å². The van der Waals surface area contributed by atoms with Gasteiger partial charge in [0.25, 0.3) is 0 Å². The molecule has 4 aliphatic carbocycles. The van der Waals surface area contributed by atoms with Gasteiger partial charge in [-0.3, -0.25) is 0 Å². The van der Waals surface area contributed by atoms with Gasteiger partial charge in [-0.05, 0) is 184 Å². The zero-order valence-corrected chi connectivity index (χ0v) is 48.0. The molecule has 400 valence electrons. The van der Waals surface area contributed by atoms with Crippen molar-refractivity contribution in [2.24, 2.45) is 0 Å². The summed E-state index contributed by atoms with van der Waals surface area (Å²) in [5.74, 6) is 0. The number of benzene rings is 12. The molecule has 0 saturated heterocycles. The minimum atomic E-state index is -0.488. The molecule has 2 nitrogen and oxygen atoms in total. The predicted molar refractivity (Wildman–Crippen MR) is 357 cm³/mol. The van der Waals surface area contributed by atoms with Crippen LogP contribution in [0, 0.1) is 0 Å². The van der Waals surface area contributed by atoms with Crippen LogP contribution in [0.5, 0.6) is 0 Å². The van der Waals surface area contributed by atoms with E-state index in [1.54, 1.807) is 0 Å². The zero-order chi connectivity index (χ0) is 56.5. The van der Waals surface area contributed by atoms with E-state index in [1.165, 1.54) is 166 Å². The highest BCUT2D eigenvalue weighted by Crippen LogP contribution is 2.63. The molecule has 18 rings (SSSR count). The molecule has 2 aromatic heterocycles. The molecule has 0 atom stereocenters. The van der Waals surface area contributed by atoms with Crippen LogP contribution in [0.1, 0.15) is 94.5 Å². The van der Waals surface area contributed by atoms with Gasteiger partial charge in [0.05, 0.1) is 27.5 Å². The Labute approximate surface area is 495 Å². The maximum absolute atomic E-state index is 2.48. The molecule has 1 spiro atoms. The van der Waals surface area contributed by atoms with E-state index in [-0.39, 0.29) is 10.8 Å². The first-order chi connectivity index (χ1) is 41.6. The van der Waals surface area contributed by atoms with Gasteiger partial charge in [0.15, 0.2) is 0 Å². The Hall–Kier alpha value is -10.3. The van der Waals surface area contributed by atoms with Crippen LogP contribution < -0.4 is 0 Å². The average molecular weight is 1080 g/mol. The second-order valence-corrected chi connectivity index (χ2v) is 25.2. The van der Waals surface area contributed by atoms with E-state index in [0.29, 0.717) is 0 Å². The summed E-state index contributed by atoms with van der Waals surface area (Å²) in [7, 11) is 0. The largest absolute Gasteiger partial charge is 0.309 e. The Morgan fingerprint density at radius 1 is 0.235 bits per heavy atom. The summed E-state index contributed by atoms with van der Waals surface area (Å²) in [6, 6.07) is 96.3. The van der Waals surface area contributed by atoms with Gasteiger partial charge in [0.2, 0.25) is 0 Å². The molecule has 0 radical (unpaired) electrons. The third kappa shape index (κ3) is 6.60. The lowest BCUT2D eigenvalue weighted by atomic mass is 9.70. The van der Waals surface area contributed by atoms with Gasteiger partial charge in [0, 0.05) is 43.7 Å². The monoisotopic (exact) mass is 1080 g/mol. The van der Waals surface area contributed by atoms with Crippen LogP contribution in [-0.4, -0.2) is 9.13 Å². The Morgan fingerprint density at radius 2 is 0.541 bits per heavy atom. The first kappa shape index (κ1) is 48.3. The van der Waals surface area contributed by atoms with E-state index in [9.17, 15) is 0 Å². The number of rotatable bonds is 6. The minimum Gasteiger partial charge on any atom is -0.309 e. The Morgan fingerprint density at radius 3 is 0.976 bits per heavy atom. The molecule has 12 aromatic carbocycles. The second-order valence-electron chi connectivity index (χ2n) is 25.2. The molecule has 85 heavy (non-hydrogen) atoms. The lowest BCUT2D eigenvalue weighted by Crippen LogP contribution is -2.26. The highest BCUT2D eigenvalue weighted by molar-refractivity contribution is 6.11. The van der Waals surface area contributed by atoms with E-state index in [1.807, 2.05) is 0 Å². The molecule has 0 fully saturated rings. The fourth-order valence-electron chi connectivity index (χ4n) is 16.2. The fourth-order valence-corrected chi connectivity index (χ4v) is 16.2. The average Bonchev–Trinajstić information content (AvgIpc) is 1.80. The Bertz CT molecular complexity index is 4980. The van der Waals surface area contributed by atoms with E-state index in [0.717, 1.165) is 0 Å². The number of hydrogen-bond donors (Lipinski definition) is 0. The van der Waals surface area contributed by atoms with E-state index >= 15 is 0 Å². The van der Waals surface area contributed by atoms with Crippen LogP contribution >= 0.6 is 0 Å². The normalized spacial score (nSPS) is 15.0. The second kappa shape index (κ2) is 17.4. The van der Waals surface area contributed by atoms with Crippen molar-refractivity contribution in [1.82, 2.24) is 9.13 Å².